The van der Waals surface area contributed by atoms with Crippen LogP contribution in [0, 0.1) is 0 Å². The topological polar surface area (TPSA) is 64.8 Å². The Kier molecular flexibility index (Phi) is 5.23. The number of carbonyl (C=O) groups is 1. The molecule has 0 aromatic heterocycles. The Morgan fingerprint density at radius 2 is 2.11 bits per heavy atom. The Morgan fingerprint density at radius 1 is 1.42 bits per heavy atom. The molecule has 0 aliphatic rings. The summed E-state index contributed by atoms with van der Waals surface area (Å²) in [5, 5.41) is 0. The predicted molar refractivity (Wildman–Crippen MR) is 75.7 cm³/mol. The summed E-state index contributed by atoms with van der Waals surface area (Å²) in [6.07, 6.45) is 1.68. The van der Waals surface area contributed by atoms with E-state index in [9.17, 15) is 4.79 Å². The first-order valence-electron chi connectivity index (χ1n) is 6.00. The van der Waals surface area contributed by atoms with E-state index in [1.165, 1.54) is 14.2 Å². The fourth-order valence-corrected chi connectivity index (χ4v) is 1.75. The number of anilines is 1. The average Bonchev–Trinajstić information content (AvgIpc) is 2.44. The van der Waals surface area contributed by atoms with Crippen molar-refractivity contribution in [2.45, 2.75) is 6.92 Å². The zero-order chi connectivity index (χ0) is 14.4. The van der Waals surface area contributed by atoms with Crippen LogP contribution in [0.5, 0.6) is 11.5 Å². The van der Waals surface area contributed by atoms with Crippen LogP contribution in [-0.4, -0.2) is 38.1 Å². The predicted octanol–water partition coefficient (Wildman–Crippen LogP) is 1.93. The Balaban J connectivity index is 3.24. The minimum Gasteiger partial charge on any atom is -0.497 e. The first-order valence-corrected chi connectivity index (χ1v) is 6.00. The molecule has 1 aromatic rings. The standard InChI is InChI=1S/C14H20N2O3/c1-5-7-16(6-2)14(17)11-8-10(18-3)9-12(19-4)13(11)15/h5,8-9H,1,6-7,15H2,2-4H3. The largest absolute Gasteiger partial charge is 0.497 e. The normalized spacial score (nSPS) is 9.84. The van der Waals surface area contributed by atoms with E-state index >= 15 is 0 Å². The molecule has 104 valence electrons. The summed E-state index contributed by atoms with van der Waals surface area (Å²) in [6, 6.07) is 3.27. The number of methoxy groups -OCH3 is 2. The van der Waals surface area contributed by atoms with Gasteiger partial charge in [0.25, 0.3) is 5.91 Å². The molecule has 0 fully saturated rings. The number of amides is 1. The van der Waals surface area contributed by atoms with Crippen LogP contribution < -0.4 is 15.2 Å². The third-order valence-electron chi connectivity index (χ3n) is 2.82. The van der Waals surface area contributed by atoms with Gasteiger partial charge >= 0.3 is 0 Å². The van der Waals surface area contributed by atoms with E-state index in [1.54, 1.807) is 23.1 Å². The van der Waals surface area contributed by atoms with Crippen molar-refractivity contribution in [2.75, 3.05) is 33.0 Å². The first-order chi connectivity index (χ1) is 9.08. The molecule has 1 amide bonds. The second kappa shape index (κ2) is 6.68. The van der Waals surface area contributed by atoms with E-state index in [-0.39, 0.29) is 5.91 Å². The van der Waals surface area contributed by atoms with Crippen LogP contribution in [0.25, 0.3) is 0 Å². The number of hydrogen-bond donors (Lipinski definition) is 1. The molecule has 5 nitrogen and oxygen atoms in total. The van der Waals surface area contributed by atoms with Crippen molar-refractivity contribution in [2.24, 2.45) is 0 Å². The summed E-state index contributed by atoms with van der Waals surface area (Å²) in [5.74, 6) is 0.790. The Labute approximate surface area is 113 Å². The number of hydrogen-bond acceptors (Lipinski definition) is 4. The van der Waals surface area contributed by atoms with Gasteiger partial charge in [-0.1, -0.05) is 6.08 Å². The highest BCUT2D eigenvalue weighted by atomic mass is 16.5. The van der Waals surface area contributed by atoms with Crippen molar-refractivity contribution in [1.29, 1.82) is 0 Å². The van der Waals surface area contributed by atoms with Crippen molar-refractivity contribution < 1.29 is 14.3 Å². The molecular weight excluding hydrogens is 244 g/mol. The SMILES string of the molecule is C=CCN(CC)C(=O)c1cc(OC)cc(OC)c1N. The minimum atomic E-state index is -0.169. The number of ether oxygens (including phenoxy) is 2. The van der Waals surface area contributed by atoms with Gasteiger partial charge in [0, 0.05) is 19.2 Å². The van der Waals surface area contributed by atoms with Gasteiger partial charge in [0.1, 0.15) is 11.5 Å². The molecule has 0 radical (unpaired) electrons. The van der Waals surface area contributed by atoms with Crippen LogP contribution in [0.4, 0.5) is 5.69 Å². The van der Waals surface area contributed by atoms with Crippen LogP contribution in [0.15, 0.2) is 24.8 Å². The Hall–Kier alpha value is -2.17. The van der Waals surface area contributed by atoms with Crippen molar-refractivity contribution in [3.05, 3.63) is 30.4 Å². The summed E-state index contributed by atoms with van der Waals surface area (Å²) in [7, 11) is 3.03. The molecule has 0 saturated heterocycles. The molecule has 1 rings (SSSR count). The Bertz CT molecular complexity index is 472. The lowest BCUT2D eigenvalue weighted by molar-refractivity contribution is 0.0782. The molecule has 0 unspecified atom stereocenters. The van der Waals surface area contributed by atoms with E-state index in [0.717, 1.165) is 0 Å². The number of nitrogens with zero attached hydrogens (tertiary/aromatic N) is 1. The third-order valence-corrected chi connectivity index (χ3v) is 2.82. The van der Waals surface area contributed by atoms with Crippen molar-refractivity contribution >= 4 is 11.6 Å². The summed E-state index contributed by atoms with van der Waals surface area (Å²) in [4.78, 5) is 14.0. The van der Waals surface area contributed by atoms with Crippen molar-refractivity contribution in [3.63, 3.8) is 0 Å². The lowest BCUT2D eigenvalue weighted by Gasteiger charge is -2.21. The average molecular weight is 264 g/mol. The highest BCUT2D eigenvalue weighted by Crippen LogP contribution is 2.31. The van der Waals surface area contributed by atoms with Crippen molar-refractivity contribution in [1.82, 2.24) is 4.90 Å². The summed E-state index contributed by atoms with van der Waals surface area (Å²) < 4.78 is 10.3. The number of nitrogen functional groups attached to an aromatic ring is 1. The van der Waals surface area contributed by atoms with Gasteiger partial charge in [-0.05, 0) is 13.0 Å². The zero-order valence-electron chi connectivity index (χ0n) is 11.6. The number of benzene rings is 1. The maximum atomic E-state index is 12.4. The molecule has 0 atom stereocenters. The molecule has 1 aromatic carbocycles. The summed E-state index contributed by atoms with van der Waals surface area (Å²) in [5.41, 5.74) is 6.64. The Morgan fingerprint density at radius 3 is 2.58 bits per heavy atom. The zero-order valence-corrected chi connectivity index (χ0v) is 11.6. The van der Waals surface area contributed by atoms with Gasteiger partial charge in [0.05, 0.1) is 25.5 Å². The first kappa shape index (κ1) is 14.9. The van der Waals surface area contributed by atoms with E-state index in [2.05, 4.69) is 6.58 Å². The summed E-state index contributed by atoms with van der Waals surface area (Å²) >= 11 is 0. The highest BCUT2D eigenvalue weighted by Gasteiger charge is 2.19. The molecule has 0 heterocycles. The molecule has 5 heteroatoms. The number of carbonyl (C=O) groups excluding carboxylic acids is 1. The maximum Gasteiger partial charge on any atom is 0.256 e. The fraction of sp³-hybridized carbons (Fsp3) is 0.357. The molecule has 0 aliphatic heterocycles. The van der Waals surface area contributed by atoms with E-state index < -0.39 is 0 Å². The maximum absolute atomic E-state index is 12.4. The second-order valence-electron chi connectivity index (χ2n) is 3.92. The van der Waals surface area contributed by atoms with Crippen LogP contribution >= 0.6 is 0 Å². The smallest absolute Gasteiger partial charge is 0.256 e. The molecule has 19 heavy (non-hydrogen) atoms. The van der Waals surface area contributed by atoms with Crippen LogP contribution in [0.2, 0.25) is 0 Å². The minimum absolute atomic E-state index is 0.169. The van der Waals surface area contributed by atoms with Gasteiger partial charge < -0.3 is 20.1 Å². The van der Waals surface area contributed by atoms with Crippen LogP contribution in [0.3, 0.4) is 0 Å². The lowest BCUT2D eigenvalue weighted by Crippen LogP contribution is -2.31. The van der Waals surface area contributed by atoms with Gasteiger partial charge in [-0.25, -0.2) is 0 Å². The monoisotopic (exact) mass is 264 g/mol. The third kappa shape index (κ3) is 3.19. The second-order valence-corrected chi connectivity index (χ2v) is 3.92. The number of likely N-dealkylation sites (N-methyl/N-ethyl adjacent to an activating group) is 1. The van der Waals surface area contributed by atoms with Crippen molar-refractivity contribution in [3.8, 4) is 11.5 Å². The molecule has 0 bridgehead atoms. The highest BCUT2D eigenvalue weighted by molar-refractivity contribution is 6.01. The van der Waals surface area contributed by atoms with Crippen LogP contribution in [-0.2, 0) is 0 Å². The van der Waals surface area contributed by atoms with Gasteiger partial charge in [-0.2, -0.15) is 0 Å². The molecular formula is C14H20N2O3. The number of nitrogens with two attached hydrogens (primary N) is 1. The molecule has 0 spiro atoms. The summed E-state index contributed by atoms with van der Waals surface area (Å²) in [6.45, 7) is 6.58. The van der Waals surface area contributed by atoms with Gasteiger partial charge in [-0.15, -0.1) is 6.58 Å². The lowest BCUT2D eigenvalue weighted by atomic mass is 10.1. The van der Waals surface area contributed by atoms with E-state index in [0.29, 0.717) is 35.8 Å². The van der Waals surface area contributed by atoms with Gasteiger partial charge in [0.15, 0.2) is 0 Å². The molecule has 0 aliphatic carbocycles. The number of rotatable bonds is 6. The van der Waals surface area contributed by atoms with E-state index in [4.69, 9.17) is 15.2 Å². The van der Waals surface area contributed by atoms with Crippen LogP contribution in [0.1, 0.15) is 17.3 Å². The van der Waals surface area contributed by atoms with Gasteiger partial charge in [0.2, 0.25) is 0 Å². The fourth-order valence-electron chi connectivity index (χ4n) is 1.75. The van der Waals surface area contributed by atoms with E-state index in [1.807, 2.05) is 6.92 Å². The molecule has 0 saturated carbocycles. The molecule has 2 N–H and O–H groups in total. The quantitative estimate of drug-likeness (QED) is 0.630. The van der Waals surface area contributed by atoms with Gasteiger partial charge in [-0.3, -0.25) is 4.79 Å².